The molecule has 6 heteroatoms. The first-order valence-corrected chi connectivity index (χ1v) is 23.9. The molecule has 1 atom stereocenters. The molecule has 0 amide bonds. The summed E-state index contributed by atoms with van der Waals surface area (Å²) < 4.78 is 16.7. The summed E-state index contributed by atoms with van der Waals surface area (Å²) >= 11 is 0. The number of carbonyl (C=O) groups excluding carboxylic acids is 3. The Balaban J connectivity index is 4.53. The van der Waals surface area contributed by atoms with Crippen LogP contribution >= 0.6 is 0 Å². The van der Waals surface area contributed by atoms with Gasteiger partial charge in [0.1, 0.15) is 13.2 Å². The highest BCUT2D eigenvalue weighted by atomic mass is 16.6. The van der Waals surface area contributed by atoms with Crippen molar-refractivity contribution in [2.24, 2.45) is 0 Å². The molecule has 0 aliphatic heterocycles. The second-order valence-electron chi connectivity index (χ2n) is 15.3. The van der Waals surface area contributed by atoms with Gasteiger partial charge in [0.25, 0.3) is 0 Å². The van der Waals surface area contributed by atoms with Gasteiger partial charge in [0.2, 0.25) is 0 Å². The fourth-order valence-electron chi connectivity index (χ4n) is 6.00. The smallest absolute Gasteiger partial charge is 0.306 e. The number of ether oxygens (including phenoxy) is 3. The zero-order chi connectivity index (χ0) is 43.7. The Morgan fingerprint density at radius 1 is 0.367 bits per heavy atom. The lowest BCUT2D eigenvalue weighted by atomic mass is 10.1. The molecule has 0 fully saturated rings. The van der Waals surface area contributed by atoms with E-state index in [1.165, 1.54) is 32.1 Å². The van der Waals surface area contributed by atoms with Crippen LogP contribution in [0, 0.1) is 0 Å². The third kappa shape index (κ3) is 45.2. The molecule has 0 aliphatic carbocycles. The van der Waals surface area contributed by atoms with Crippen LogP contribution in [0.4, 0.5) is 0 Å². The predicted molar refractivity (Wildman–Crippen MR) is 256 cm³/mol. The maximum atomic E-state index is 12.7. The van der Waals surface area contributed by atoms with E-state index in [4.69, 9.17) is 14.2 Å². The molecular formula is C54H86O6. The van der Waals surface area contributed by atoms with Crippen molar-refractivity contribution in [2.75, 3.05) is 13.2 Å². The van der Waals surface area contributed by atoms with Crippen LogP contribution in [-0.4, -0.2) is 37.2 Å². The van der Waals surface area contributed by atoms with Gasteiger partial charge in [-0.25, -0.2) is 0 Å². The lowest BCUT2D eigenvalue weighted by Gasteiger charge is -2.18. The molecule has 60 heavy (non-hydrogen) atoms. The van der Waals surface area contributed by atoms with Gasteiger partial charge in [-0.15, -0.1) is 0 Å². The summed E-state index contributed by atoms with van der Waals surface area (Å²) in [6.45, 7) is 6.26. The van der Waals surface area contributed by atoms with Crippen molar-refractivity contribution in [3.8, 4) is 0 Å². The van der Waals surface area contributed by atoms with E-state index in [-0.39, 0.29) is 44.0 Å². The van der Waals surface area contributed by atoms with Crippen LogP contribution in [0.2, 0.25) is 0 Å². The van der Waals surface area contributed by atoms with E-state index in [1.807, 2.05) is 6.08 Å². The van der Waals surface area contributed by atoms with Crippen molar-refractivity contribution in [1.82, 2.24) is 0 Å². The number of unbranched alkanes of at least 4 members (excludes halogenated alkanes) is 14. The van der Waals surface area contributed by atoms with Gasteiger partial charge in [-0.05, 0) is 103 Å². The van der Waals surface area contributed by atoms with Gasteiger partial charge in [-0.1, -0.05) is 182 Å². The summed E-state index contributed by atoms with van der Waals surface area (Å²) in [5.41, 5.74) is 0. The maximum absolute atomic E-state index is 12.7. The molecule has 0 aromatic heterocycles. The van der Waals surface area contributed by atoms with Crippen molar-refractivity contribution in [2.45, 2.75) is 200 Å². The molecule has 0 aromatic rings. The third-order valence-corrected chi connectivity index (χ3v) is 9.55. The van der Waals surface area contributed by atoms with Gasteiger partial charge >= 0.3 is 17.9 Å². The Kier molecular flexibility index (Phi) is 44.6. The van der Waals surface area contributed by atoms with Gasteiger partial charge < -0.3 is 14.2 Å². The van der Waals surface area contributed by atoms with E-state index in [9.17, 15) is 14.4 Å². The zero-order valence-corrected chi connectivity index (χ0v) is 38.4. The number of allylic oxidation sites excluding steroid dienone is 18. The standard InChI is InChI=1S/C54H86O6/c1-4-7-10-13-16-19-22-25-26-27-28-30-32-35-38-41-44-47-53(56)59-50-51(49-58-52(55)46-43-40-37-34-31-24-21-18-15-12-9-6-3)60-54(57)48-45-42-39-36-33-29-23-20-17-14-11-8-5-2/h7-8,10-11,14,16-21,23,25-26,28,30,35,38,51H,4-6,9,12-13,15,22,24,27,29,31-34,36-37,39-50H2,1-3H3/b10-7-,11-8-,17-14-,19-16-,21-18-,23-20-,26-25-,30-28-,38-35-. The van der Waals surface area contributed by atoms with Crippen molar-refractivity contribution in [1.29, 1.82) is 0 Å². The molecule has 1 unspecified atom stereocenters. The molecule has 0 aromatic carbocycles. The Morgan fingerprint density at radius 3 is 1.28 bits per heavy atom. The van der Waals surface area contributed by atoms with Crippen LogP contribution in [0.3, 0.4) is 0 Å². The first-order chi connectivity index (χ1) is 29.5. The Hall–Kier alpha value is -3.93. The largest absolute Gasteiger partial charge is 0.462 e. The number of esters is 3. The van der Waals surface area contributed by atoms with Gasteiger partial charge in [0.15, 0.2) is 6.10 Å². The normalized spacial score (nSPS) is 13.1. The highest BCUT2D eigenvalue weighted by Crippen LogP contribution is 2.12. The monoisotopic (exact) mass is 831 g/mol. The molecular weight excluding hydrogens is 745 g/mol. The lowest BCUT2D eigenvalue weighted by molar-refractivity contribution is -0.167. The lowest BCUT2D eigenvalue weighted by Crippen LogP contribution is -2.30. The fourth-order valence-corrected chi connectivity index (χ4v) is 6.00. The Morgan fingerprint density at radius 2 is 0.750 bits per heavy atom. The van der Waals surface area contributed by atoms with Crippen molar-refractivity contribution in [3.63, 3.8) is 0 Å². The summed E-state index contributed by atoms with van der Waals surface area (Å²) in [6, 6.07) is 0. The first kappa shape index (κ1) is 56.1. The van der Waals surface area contributed by atoms with Crippen LogP contribution in [0.1, 0.15) is 194 Å². The number of rotatable bonds is 41. The second-order valence-corrected chi connectivity index (χ2v) is 15.3. The molecule has 0 saturated carbocycles. The van der Waals surface area contributed by atoms with Crippen LogP contribution in [0.15, 0.2) is 109 Å². The molecule has 0 bridgehead atoms. The molecule has 338 valence electrons. The molecule has 6 nitrogen and oxygen atoms in total. The summed E-state index contributed by atoms with van der Waals surface area (Å²) in [7, 11) is 0. The molecule has 0 rings (SSSR count). The van der Waals surface area contributed by atoms with Gasteiger partial charge in [-0.3, -0.25) is 14.4 Å². The number of hydrogen-bond acceptors (Lipinski definition) is 6. The minimum absolute atomic E-state index is 0.111. The molecule has 0 N–H and O–H groups in total. The van der Waals surface area contributed by atoms with E-state index < -0.39 is 6.10 Å². The summed E-state index contributed by atoms with van der Waals surface area (Å²) in [6.07, 6.45) is 63.6. The second kappa shape index (κ2) is 47.7. The van der Waals surface area contributed by atoms with Crippen LogP contribution in [-0.2, 0) is 28.6 Å². The minimum Gasteiger partial charge on any atom is -0.462 e. The highest BCUT2D eigenvalue weighted by Gasteiger charge is 2.19. The first-order valence-electron chi connectivity index (χ1n) is 23.9. The van der Waals surface area contributed by atoms with Crippen LogP contribution in [0.5, 0.6) is 0 Å². The average molecular weight is 831 g/mol. The highest BCUT2D eigenvalue weighted by molar-refractivity contribution is 5.71. The Bertz CT molecular complexity index is 1280. The van der Waals surface area contributed by atoms with E-state index in [2.05, 4.69) is 124 Å². The fraction of sp³-hybridized carbons (Fsp3) is 0.611. The van der Waals surface area contributed by atoms with Crippen molar-refractivity contribution in [3.05, 3.63) is 109 Å². The molecule has 0 saturated heterocycles. The quantitative estimate of drug-likeness (QED) is 0.0201. The number of carbonyl (C=O) groups is 3. The van der Waals surface area contributed by atoms with Gasteiger partial charge in [-0.2, -0.15) is 0 Å². The molecule has 0 spiro atoms. The third-order valence-electron chi connectivity index (χ3n) is 9.55. The van der Waals surface area contributed by atoms with Crippen molar-refractivity contribution < 1.29 is 28.6 Å². The summed E-state index contributed by atoms with van der Waals surface area (Å²) in [4.78, 5) is 37.8. The topological polar surface area (TPSA) is 78.9 Å². The number of hydrogen-bond donors (Lipinski definition) is 0. The van der Waals surface area contributed by atoms with Gasteiger partial charge in [0, 0.05) is 19.3 Å². The summed E-state index contributed by atoms with van der Waals surface area (Å²) in [5.74, 6) is -1.01. The average Bonchev–Trinajstić information content (AvgIpc) is 3.24. The van der Waals surface area contributed by atoms with Crippen molar-refractivity contribution >= 4 is 17.9 Å². The predicted octanol–water partition coefficient (Wildman–Crippen LogP) is 15.6. The molecule has 0 heterocycles. The van der Waals surface area contributed by atoms with Crippen LogP contribution in [0.25, 0.3) is 0 Å². The van der Waals surface area contributed by atoms with Gasteiger partial charge in [0.05, 0.1) is 0 Å². The summed E-state index contributed by atoms with van der Waals surface area (Å²) in [5, 5.41) is 0. The zero-order valence-electron chi connectivity index (χ0n) is 38.4. The minimum atomic E-state index is -0.815. The Labute approximate surface area is 368 Å². The molecule has 0 aliphatic rings. The van der Waals surface area contributed by atoms with E-state index in [0.717, 1.165) is 116 Å². The van der Waals surface area contributed by atoms with E-state index in [0.29, 0.717) is 12.8 Å². The molecule has 0 radical (unpaired) electrons. The van der Waals surface area contributed by atoms with E-state index >= 15 is 0 Å². The van der Waals surface area contributed by atoms with Crippen LogP contribution < -0.4 is 0 Å². The SMILES string of the molecule is CC\C=C/C=C\C=C/CCCCCCCC(=O)OC(COC(=O)CCC/C=C\C/C=C\C/C=C\C/C=C\C/C=C\CC)COC(=O)CCCCCCC/C=C\CCCCC. The maximum Gasteiger partial charge on any atom is 0.306 e. The van der Waals surface area contributed by atoms with E-state index in [1.54, 1.807) is 0 Å².